The Balaban J connectivity index is 1.79. The summed E-state index contributed by atoms with van der Waals surface area (Å²) in [6.45, 7) is 2.96. The third-order valence-electron chi connectivity index (χ3n) is 4.49. The van der Waals surface area contributed by atoms with Crippen molar-refractivity contribution in [3.8, 4) is 0 Å². The summed E-state index contributed by atoms with van der Waals surface area (Å²) in [5, 5.41) is 8.36. The minimum atomic E-state index is 0.454. The molecule has 1 heterocycles. The SMILES string of the molecule is Cc1nn(C)c(N(C)C)c1CNC(c1ccccc1)C1CC1. The second-order valence-electron chi connectivity index (χ2n) is 6.51. The Kier molecular flexibility index (Phi) is 4.21. The standard InChI is InChI=1S/C18H26N4/c1-13-16(18(21(2)3)22(4)20-13)12-19-17(15-10-11-15)14-8-6-5-7-9-14/h5-9,15,17,19H,10-12H2,1-4H3. The van der Waals surface area contributed by atoms with Crippen LogP contribution in [0, 0.1) is 12.8 Å². The van der Waals surface area contributed by atoms with E-state index in [0.717, 1.165) is 18.2 Å². The maximum atomic E-state index is 4.58. The van der Waals surface area contributed by atoms with Gasteiger partial charge in [0.05, 0.1) is 5.69 Å². The van der Waals surface area contributed by atoms with Crippen molar-refractivity contribution in [1.82, 2.24) is 15.1 Å². The second-order valence-corrected chi connectivity index (χ2v) is 6.51. The Labute approximate surface area is 133 Å². The van der Waals surface area contributed by atoms with Crippen molar-refractivity contribution in [3.63, 3.8) is 0 Å². The lowest BCUT2D eigenvalue weighted by Crippen LogP contribution is -2.24. The minimum absolute atomic E-state index is 0.454. The molecule has 4 heteroatoms. The quantitative estimate of drug-likeness (QED) is 0.890. The van der Waals surface area contributed by atoms with Gasteiger partial charge >= 0.3 is 0 Å². The highest BCUT2D eigenvalue weighted by Gasteiger charge is 2.32. The van der Waals surface area contributed by atoms with Crippen molar-refractivity contribution in [1.29, 1.82) is 0 Å². The Morgan fingerprint density at radius 1 is 1.27 bits per heavy atom. The molecule has 3 rings (SSSR count). The van der Waals surface area contributed by atoms with Gasteiger partial charge in [0.15, 0.2) is 0 Å². The zero-order valence-corrected chi connectivity index (χ0v) is 14.0. The molecular weight excluding hydrogens is 272 g/mol. The zero-order chi connectivity index (χ0) is 15.7. The van der Waals surface area contributed by atoms with E-state index >= 15 is 0 Å². The molecule has 1 aliphatic rings. The first-order valence-electron chi connectivity index (χ1n) is 8.06. The summed E-state index contributed by atoms with van der Waals surface area (Å²) in [6, 6.07) is 11.3. The highest BCUT2D eigenvalue weighted by molar-refractivity contribution is 5.49. The fraction of sp³-hybridized carbons (Fsp3) is 0.500. The van der Waals surface area contributed by atoms with Gasteiger partial charge in [-0.05, 0) is 31.2 Å². The molecule has 22 heavy (non-hydrogen) atoms. The Morgan fingerprint density at radius 3 is 2.55 bits per heavy atom. The van der Waals surface area contributed by atoms with Gasteiger partial charge in [0.1, 0.15) is 5.82 Å². The summed E-state index contributed by atoms with van der Waals surface area (Å²) < 4.78 is 1.97. The number of anilines is 1. The van der Waals surface area contributed by atoms with E-state index in [1.165, 1.54) is 29.8 Å². The Bertz CT molecular complexity index is 626. The van der Waals surface area contributed by atoms with Crippen LogP contribution in [0.3, 0.4) is 0 Å². The van der Waals surface area contributed by atoms with Crippen LogP contribution in [-0.2, 0) is 13.6 Å². The van der Waals surface area contributed by atoms with E-state index in [0.29, 0.717) is 6.04 Å². The summed E-state index contributed by atoms with van der Waals surface area (Å²) in [7, 11) is 6.17. The molecule has 1 N–H and O–H groups in total. The number of hydrogen-bond donors (Lipinski definition) is 1. The van der Waals surface area contributed by atoms with Gasteiger partial charge in [-0.15, -0.1) is 0 Å². The van der Waals surface area contributed by atoms with Gasteiger partial charge in [-0.3, -0.25) is 4.68 Å². The van der Waals surface area contributed by atoms with Crippen LogP contribution in [0.25, 0.3) is 0 Å². The lowest BCUT2D eigenvalue weighted by molar-refractivity contribution is 0.479. The van der Waals surface area contributed by atoms with E-state index in [2.05, 4.69) is 66.7 Å². The van der Waals surface area contributed by atoms with Gasteiger partial charge in [0.2, 0.25) is 0 Å². The van der Waals surface area contributed by atoms with Crippen molar-refractivity contribution in [2.45, 2.75) is 32.4 Å². The van der Waals surface area contributed by atoms with E-state index in [1.54, 1.807) is 0 Å². The second kappa shape index (κ2) is 6.13. The van der Waals surface area contributed by atoms with Gasteiger partial charge in [-0.25, -0.2) is 0 Å². The lowest BCUT2D eigenvalue weighted by Gasteiger charge is -2.21. The van der Waals surface area contributed by atoms with Gasteiger partial charge in [-0.1, -0.05) is 30.3 Å². The fourth-order valence-corrected chi connectivity index (χ4v) is 3.31. The summed E-state index contributed by atoms with van der Waals surface area (Å²) in [5.74, 6) is 1.97. The maximum absolute atomic E-state index is 4.58. The van der Waals surface area contributed by atoms with Crippen molar-refractivity contribution >= 4 is 5.82 Å². The molecule has 118 valence electrons. The molecule has 0 bridgehead atoms. The molecule has 1 atom stereocenters. The molecule has 0 radical (unpaired) electrons. The van der Waals surface area contributed by atoms with E-state index in [9.17, 15) is 0 Å². The number of aryl methyl sites for hydroxylation is 2. The smallest absolute Gasteiger partial charge is 0.130 e. The van der Waals surface area contributed by atoms with Gasteiger partial charge < -0.3 is 10.2 Å². The number of nitrogens with one attached hydrogen (secondary N) is 1. The molecule has 0 spiro atoms. The molecule has 4 nitrogen and oxygen atoms in total. The first-order valence-corrected chi connectivity index (χ1v) is 8.06. The van der Waals surface area contributed by atoms with Gasteiger partial charge in [-0.2, -0.15) is 5.10 Å². The summed E-state index contributed by atoms with van der Waals surface area (Å²) in [5.41, 5.74) is 3.81. The van der Waals surface area contributed by atoms with Gasteiger partial charge in [0.25, 0.3) is 0 Å². The van der Waals surface area contributed by atoms with E-state index < -0.39 is 0 Å². The normalized spacial score (nSPS) is 15.8. The predicted molar refractivity (Wildman–Crippen MR) is 91.0 cm³/mol. The zero-order valence-electron chi connectivity index (χ0n) is 14.0. The third-order valence-corrected chi connectivity index (χ3v) is 4.49. The number of benzene rings is 1. The monoisotopic (exact) mass is 298 g/mol. The van der Waals surface area contributed by atoms with E-state index in [1.807, 2.05) is 11.7 Å². The Morgan fingerprint density at radius 2 is 1.95 bits per heavy atom. The first-order chi connectivity index (χ1) is 10.6. The molecule has 1 saturated carbocycles. The number of nitrogens with zero attached hydrogens (tertiary/aromatic N) is 3. The average Bonchev–Trinajstić information content (AvgIpc) is 3.27. The number of rotatable bonds is 6. The molecule has 0 amide bonds. The molecule has 1 aromatic carbocycles. The topological polar surface area (TPSA) is 33.1 Å². The summed E-state index contributed by atoms with van der Waals surface area (Å²) in [4.78, 5) is 2.14. The van der Waals surface area contributed by atoms with Crippen molar-refractivity contribution in [2.24, 2.45) is 13.0 Å². The van der Waals surface area contributed by atoms with E-state index in [4.69, 9.17) is 0 Å². The molecule has 2 aromatic rings. The molecule has 1 unspecified atom stereocenters. The van der Waals surface area contributed by atoms with Crippen LogP contribution in [0.2, 0.25) is 0 Å². The number of hydrogen-bond acceptors (Lipinski definition) is 3. The highest BCUT2D eigenvalue weighted by Crippen LogP contribution is 2.41. The van der Waals surface area contributed by atoms with E-state index in [-0.39, 0.29) is 0 Å². The maximum Gasteiger partial charge on any atom is 0.130 e. The summed E-state index contributed by atoms with van der Waals surface area (Å²) >= 11 is 0. The van der Waals surface area contributed by atoms with Crippen molar-refractivity contribution in [2.75, 3.05) is 19.0 Å². The van der Waals surface area contributed by atoms with Crippen molar-refractivity contribution in [3.05, 3.63) is 47.2 Å². The van der Waals surface area contributed by atoms with Crippen molar-refractivity contribution < 1.29 is 0 Å². The summed E-state index contributed by atoms with van der Waals surface area (Å²) in [6.07, 6.45) is 2.66. The number of aromatic nitrogens is 2. The van der Waals surface area contributed by atoms with Crippen LogP contribution >= 0.6 is 0 Å². The van der Waals surface area contributed by atoms with Crippen LogP contribution in [0.4, 0.5) is 5.82 Å². The molecule has 1 fully saturated rings. The minimum Gasteiger partial charge on any atom is -0.363 e. The van der Waals surface area contributed by atoms with Crippen LogP contribution in [0.15, 0.2) is 30.3 Å². The van der Waals surface area contributed by atoms with Crippen LogP contribution < -0.4 is 10.2 Å². The molecule has 1 aliphatic carbocycles. The third kappa shape index (κ3) is 3.02. The Hall–Kier alpha value is -1.81. The fourth-order valence-electron chi connectivity index (χ4n) is 3.31. The highest BCUT2D eigenvalue weighted by atomic mass is 15.4. The van der Waals surface area contributed by atoms with Gasteiger partial charge in [0, 0.05) is 39.3 Å². The molecule has 0 aliphatic heterocycles. The van der Waals surface area contributed by atoms with Crippen LogP contribution in [0.5, 0.6) is 0 Å². The predicted octanol–water partition coefficient (Wildman–Crippen LogP) is 3.04. The van der Waals surface area contributed by atoms with Crippen LogP contribution in [-0.4, -0.2) is 23.9 Å². The average molecular weight is 298 g/mol. The molecule has 1 aromatic heterocycles. The van der Waals surface area contributed by atoms with Crippen LogP contribution in [0.1, 0.15) is 35.7 Å². The molecule has 0 saturated heterocycles. The lowest BCUT2D eigenvalue weighted by atomic mass is 10.0. The molecular formula is C18H26N4. The largest absolute Gasteiger partial charge is 0.363 e. The first kappa shape index (κ1) is 15.1.